The van der Waals surface area contributed by atoms with Gasteiger partial charge >= 0.3 is 0 Å². The second-order valence-electron chi connectivity index (χ2n) is 3.97. The van der Waals surface area contributed by atoms with Crippen molar-refractivity contribution in [3.05, 3.63) is 48.4 Å². The molecule has 0 aliphatic heterocycles. The zero-order chi connectivity index (χ0) is 13.5. The Morgan fingerprint density at radius 2 is 2.05 bits per heavy atom. The van der Waals surface area contributed by atoms with E-state index in [9.17, 15) is 0 Å². The summed E-state index contributed by atoms with van der Waals surface area (Å²) in [6.45, 7) is 2.65. The van der Waals surface area contributed by atoms with Gasteiger partial charge in [0.05, 0.1) is 11.6 Å². The molecule has 2 aromatic rings. The van der Waals surface area contributed by atoms with E-state index in [0.717, 1.165) is 22.1 Å². The van der Waals surface area contributed by atoms with Crippen LogP contribution in [0.25, 0.3) is 0 Å². The number of aromatic nitrogens is 2. The molecule has 0 aliphatic carbocycles. The van der Waals surface area contributed by atoms with Crippen molar-refractivity contribution in [2.24, 2.45) is 5.73 Å². The van der Waals surface area contributed by atoms with Crippen LogP contribution in [0, 0.1) is 0 Å². The van der Waals surface area contributed by atoms with Crippen molar-refractivity contribution in [1.82, 2.24) is 9.97 Å². The Kier molecular flexibility index (Phi) is 5.18. The van der Waals surface area contributed by atoms with Gasteiger partial charge < -0.3 is 10.5 Å². The summed E-state index contributed by atoms with van der Waals surface area (Å²) in [7, 11) is 0. The quantitative estimate of drug-likeness (QED) is 0.648. The first-order valence-electron chi connectivity index (χ1n) is 6.16. The van der Waals surface area contributed by atoms with Crippen LogP contribution in [0.2, 0.25) is 0 Å². The van der Waals surface area contributed by atoms with E-state index in [1.807, 2.05) is 37.3 Å². The van der Waals surface area contributed by atoms with Gasteiger partial charge in [0, 0.05) is 18.0 Å². The molecule has 1 unspecified atom stereocenters. The summed E-state index contributed by atoms with van der Waals surface area (Å²) in [5, 5.41) is 0.941. The van der Waals surface area contributed by atoms with Gasteiger partial charge in [0.2, 0.25) is 0 Å². The lowest BCUT2D eigenvalue weighted by Crippen LogP contribution is -2.13. The average Bonchev–Trinajstić information content (AvgIpc) is 2.47. The van der Waals surface area contributed by atoms with E-state index < -0.39 is 0 Å². The summed E-state index contributed by atoms with van der Waals surface area (Å²) < 4.78 is 5.41. The minimum atomic E-state index is -0.0179. The van der Waals surface area contributed by atoms with E-state index in [4.69, 9.17) is 10.5 Å². The first-order chi connectivity index (χ1) is 9.29. The van der Waals surface area contributed by atoms with Crippen molar-refractivity contribution in [2.45, 2.75) is 18.0 Å². The molecule has 0 bridgehead atoms. The highest BCUT2D eigenvalue weighted by Gasteiger charge is 2.07. The second kappa shape index (κ2) is 7.11. The highest BCUT2D eigenvalue weighted by molar-refractivity contribution is 7.99. The molecule has 0 radical (unpaired) electrons. The fourth-order valence-electron chi connectivity index (χ4n) is 1.61. The van der Waals surface area contributed by atoms with Gasteiger partial charge in [-0.3, -0.25) is 0 Å². The number of ether oxygens (including phenoxy) is 1. The largest absolute Gasteiger partial charge is 0.494 e. The van der Waals surface area contributed by atoms with Crippen molar-refractivity contribution < 1.29 is 4.74 Å². The fraction of sp³-hybridized carbons (Fsp3) is 0.286. The Balaban J connectivity index is 1.90. The van der Waals surface area contributed by atoms with E-state index in [1.165, 1.54) is 0 Å². The highest BCUT2D eigenvalue weighted by atomic mass is 32.2. The van der Waals surface area contributed by atoms with Gasteiger partial charge in [-0.15, -0.1) is 11.8 Å². The molecule has 19 heavy (non-hydrogen) atoms. The van der Waals surface area contributed by atoms with Crippen molar-refractivity contribution in [2.75, 3.05) is 12.4 Å². The lowest BCUT2D eigenvalue weighted by Gasteiger charge is -2.12. The normalized spacial score (nSPS) is 12.1. The van der Waals surface area contributed by atoms with Gasteiger partial charge in [-0.25, -0.2) is 9.97 Å². The predicted molar refractivity (Wildman–Crippen MR) is 77.3 cm³/mol. The molecule has 4 nitrogen and oxygen atoms in total. The number of nitrogens with zero attached hydrogens (tertiary/aromatic N) is 2. The SMILES string of the molecule is CCOc1ccc(C(N)CSc2ccncn2)cc1. The standard InChI is InChI=1S/C14H17N3OS/c1-2-18-12-5-3-11(4-6-12)13(15)9-19-14-7-8-16-10-17-14/h3-8,10,13H,2,9,15H2,1H3. The van der Waals surface area contributed by atoms with Crippen LogP contribution < -0.4 is 10.5 Å². The second-order valence-corrected chi connectivity index (χ2v) is 5.01. The van der Waals surface area contributed by atoms with Crippen LogP contribution in [0.5, 0.6) is 5.75 Å². The molecule has 0 saturated heterocycles. The molecule has 2 rings (SSSR count). The van der Waals surface area contributed by atoms with Crippen molar-refractivity contribution in [1.29, 1.82) is 0 Å². The van der Waals surface area contributed by atoms with Crippen LogP contribution in [0.15, 0.2) is 47.9 Å². The molecule has 5 heteroatoms. The lowest BCUT2D eigenvalue weighted by atomic mass is 10.1. The minimum absolute atomic E-state index is 0.0179. The number of rotatable bonds is 6. The predicted octanol–water partition coefficient (Wildman–Crippen LogP) is 2.67. The minimum Gasteiger partial charge on any atom is -0.494 e. The first kappa shape index (κ1) is 13.8. The first-order valence-corrected chi connectivity index (χ1v) is 7.15. The summed E-state index contributed by atoms with van der Waals surface area (Å²) in [6, 6.07) is 9.79. The molecular weight excluding hydrogens is 258 g/mol. The third-order valence-electron chi connectivity index (χ3n) is 2.58. The van der Waals surface area contributed by atoms with Gasteiger partial charge in [-0.2, -0.15) is 0 Å². The smallest absolute Gasteiger partial charge is 0.119 e. The Hall–Kier alpha value is -1.59. The van der Waals surface area contributed by atoms with Crippen molar-refractivity contribution >= 4 is 11.8 Å². The molecule has 0 amide bonds. The van der Waals surface area contributed by atoms with Crippen LogP contribution in [0.3, 0.4) is 0 Å². The fourth-order valence-corrected chi connectivity index (χ4v) is 2.43. The van der Waals surface area contributed by atoms with Crippen LogP contribution in [0.1, 0.15) is 18.5 Å². The van der Waals surface area contributed by atoms with Crippen molar-refractivity contribution in [3.63, 3.8) is 0 Å². The zero-order valence-corrected chi connectivity index (χ0v) is 11.6. The monoisotopic (exact) mass is 275 g/mol. The third-order valence-corrected chi connectivity index (χ3v) is 3.65. The van der Waals surface area contributed by atoms with Gasteiger partial charge in [-0.05, 0) is 30.7 Å². The van der Waals surface area contributed by atoms with E-state index in [0.29, 0.717) is 6.61 Å². The maximum Gasteiger partial charge on any atom is 0.119 e. The summed E-state index contributed by atoms with van der Waals surface area (Å²) in [5.74, 6) is 1.66. The Morgan fingerprint density at radius 1 is 1.26 bits per heavy atom. The van der Waals surface area contributed by atoms with Crippen LogP contribution in [-0.2, 0) is 0 Å². The lowest BCUT2D eigenvalue weighted by molar-refractivity contribution is 0.340. The molecule has 2 N–H and O–H groups in total. The average molecular weight is 275 g/mol. The van der Waals surface area contributed by atoms with Gasteiger partial charge in [0.15, 0.2) is 0 Å². The van der Waals surface area contributed by atoms with E-state index in [1.54, 1.807) is 24.3 Å². The maximum atomic E-state index is 6.16. The molecule has 0 fully saturated rings. The molecule has 1 atom stereocenters. The molecule has 100 valence electrons. The maximum absolute atomic E-state index is 6.16. The summed E-state index contributed by atoms with van der Waals surface area (Å²) >= 11 is 1.63. The number of nitrogens with two attached hydrogens (primary N) is 1. The zero-order valence-electron chi connectivity index (χ0n) is 10.8. The van der Waals surface area contributed by atoms with E-state index in [2.05, 4.69) is 9.97 Å². The molecule has 0 aliphatic rings. The number of hydrogen-bond donors (Lipinski definition) is 1. The summed E-state index contributed by atoms with van der Waals surface area (Å²) in [6.07, 6.45) is 3.28. The van der Waals surface area contributed by atoms with E-state index in [-0.39, 0.29) is 6.04 Å². The van der Waals surface area contributed by atoms with E-state index >= 15 is 0 Å². The third kappa shape index (κ3) is 4.22. The van der Waals surface area contributed by atoms with Gasteiger partial charge in [0.1, 0.15) is 12.1 Å². The Labute approximate surface area is 117 Å². The number of hydrogen-bond acceptors (Lipinski definition) is 5. The molecule has 1 heterocycles. The molecule has 1 aromatic carbocycles. The Morgan fingerprint density at radius 3 is 2.68 bits per heavy atom. The van der Waals surface area contributed by atoms with Crippen LogP contribution >= 0.6 is 11.8 Å². The molecular formula is C14H17N3OS. The number of benzene rings is 1. The van der Waals surface area contributed by atoms with Gasteiger partial charge in [0.25, 0.3) is 0 Å². The van der Waals surface area contributed by atoms with Crippen LogP contribution in [0.4, 0.5) is 0 Å². The molecule has 0 saturated carbocycles. The molecule has 0 spiro atoms. The number of thioether (sulfide) groups is 1. The highest BCUT2D eigenvalue weighted by Crippen LogP contribution is 2.22. The van der Waals surface area contributed by atoms with Crippen molar-refractivity contribution in [3.8, 4) is 5.75 Å². The van der Waals surface area contributed by atoms with Crippen LogP contribution in [-0.4, -0.2) is 22.3 Å². The topological polar surface area (TPSA) is 61.0 Å². The molecule has 1 aromatic heterocycles. The summed E-state index contributed by atoms with van der Waals surface area (Å²) in [4.78, 5) is 8.05. The van der Waals surface area contributed by atoms with Gasteiger partial charge in [-0.1, -0.05) is 12.1 Å². The Bertz CT molecular complexity index is 490. The summed E-state index contributed by atoms with van der Waals surface area (Å²) in [5.41, 5.74) is 7.26.